The molecule has 118 valence electrons. The van der Waals surface area contributed by atoms with Crippen LogP contribution >= 0.6 is 0 Å². The number of nitrogens with zero attached hydrogens (tertiary/aromatic N) is 1. The third kappa shape index (κ3) is 2.75. The first-order valence-electron chi connectivity index (χ1n) is 8.10. The zero-order chi connectivity index (χ0) is 15.7. The van der Waals surface area contributed by atoms with Gasteiger partial charge in [-0.2, -0.15) is 0 Å². The van der Waals surface area contributed by atoms with Crippen molar-refractivity contribution in [3.63, 3.8) is 0 Å². The quantitative estimate of drug-likeness (QED) is 0.883. The summed E-state index contributed by atoms with van der Waals surface area (Å²) >= 11 is 0. The average molecular weight is 301 g/mol. The highest BCUT2D eigenvalue weighted by molar-refractivity contribution is 5.86. The molecule has 0 bridgehead atoms. The van der Waals surface area contributed by atoms with Crippen molar-refractivity contribution in [2.75, 3.05) is 13.1 Å². The molecule has 1 aliphatic heterocycles. The Morgan fingerprint density at radius 1 is 1.23 bits per heavy atom. The molecule has 4 nitrogen and oxygen atoms in total. The fraction of sp³-hybridized carbons (Fsp3) is 0.500. The molecule has 4 heteroatoms. The Kier molecular flexibility index (Phi) is 4.21. The van der Waals surface area contributed by atoms with Gasteiger partial charge in [0.2, 0.25) is 0 Å². The fourth-order valence-corrected chi connectivity index (χ4v) is 3.32. The van der Waals surface area contributed by atoms with Crippen molar-refractivity contribution in [2.24, 2.45) is 0 Å². The molecular weight excluding hydrogens is 278 g/mol. The molecule has 22 heavy (non-hydrogen) atoms. The van der Waals surface area contributed by atoms with Gasteiger partial charge in [-0.15, -0.1) is 0 Å². The smallest absolute Gasteiger partial charge is 0.336 e. The lowest BCUT2D eigenvalue weighted by molar-refractivity contribution is 0.218. The van der Waals surface area contributed by atoms with Crippen LogP contribution in [0.15, 0.2) is 21.3 Å². The number of likely N-dealkylation sites (tertiary alicyclic amines) is 1. The minimum atomic E-state index is -0.353. The van der Waals surface area contributed by atoms with E-state index in [0.717, 1.165) is 41.6 Å². The number of phenolic OH excluding ortho intramolecular Hbond substituents is 1. The standard InChI is InChI=1S/C18H23NO3/c1-3-13-10-14-12(2)9-16(20)22-18(14)15(17(13)21)11-19-7-5-4-6-8-19/h9-10,21H,3-8,11H2,1-2H3. The van der Waals surface area contributed by atoms with Crippen LogP contribution in [-0.2, 0) is 13.0 Å². The number of fused-ring (bicyclic) bond motifs is 1. The Hall–Kier alpha value is -1.81. The van der Waals surface area contributed by atoms with E-state index in [1.165, 1.54) is 25.3 Å². The van der Waals surface area contributed by atoms with Crippen molar-refractivity contribution in [1.29, 1.82) is 0 Å². The third-order valence-electron chi connectivity index (χ3n) is 4.60. The normalized spacial score (nSPS) is 16.3. The second kappa shape index (κ2) is 6.13. The lowest BCUT2D eigenvalue weighted by Crippen LogP contribution is -2.29. The molecule has 0 radical (unpaired) electrons. The minimum Gasteiger partial charge on any atom is -0.507 e. The molecule has 2 heterocycles. The number of hydrogen-bond acceptors (Lipinski definition) is 4. The molecule has 1 saturated heterocycles. The van der Waals surface area contributed by atoms with E-state index in [0.29, 0.717) is 12.1 Å². The summed E-state index contributed by atoms with van der Waals surface area (Å²) in [6.07, 6.45) is 4.41. The molecule has 0 spiro atoms. The van der Waals surface area contributed by atoms with Crippen molar-refractivity contribution in [3.05, 3.63) is 39.2 Å². The van der Waals surface area contributed by atoms with Crippen LogP contribution in [0.25, 0.3) is 11.0 Å². The monoisotopic (exact) mass is 301 g/mol. The third-order valence-corrected chi connectivity index (χ3v) is 4.60. The van der Waals surface area contributed by atoms with Crippen LogP contribution in [-0.4, -0.2) is 23.1 Å². The Morgan fingerprint density at radius 3 is 2.64 bits per heavy atom. The SMILES string of the molecule is CCc1cc2c(C)cc(=O)oc2c(CN2CCCCC2)c1O. The zero-order valence-corrected chi connectivity index (χ0v) is 13.3. The van der Waals surface area contributed by atoms with Crippen LogP contribution in [0.1, 0.15) is 42.9 Å². The maximum Gasteiger partial charge on any atom is 0.336 e. The summed E-state index contributed by atoms with van der Waals surface area (Å²) in [6, 6.07) is 3.46. The van der Waals surface area contributed by atoms with Gasteiger partial charge in [-0.05, 0) is 56.5 Å². The van der Waals surface area contributed by atoms with Crippen molar-refractivity contribution in [2.45, 2.75) is 46.1 Å². The van der Waals surface area contributed by atoms with Gasteiger partial charge in [-0.1, -0.05) is 13.3 Å². The molecule has 2 aromatic rings. The van der Waals surface area contributed by atoms with Crippen LogP contribution < -0.4 is 5.63 Å². The number of phenols is 1. The summed E-state index contributed by atoms with van der Waals surface area (Å²) in [6.45, 7) is 6.66. The number of aryl methyl sites for hydroxylation is 2. The van der Waals surface area contributed by atoms with Crippen LogP contribution in [0.5, 0.6) is 5.75 Å². The molecular formula is C18H23NO3. The topological polar surface area (TPSA) is 53.7 Å². The lowest BCUT2D eigenvalue weighted by atomic mass is 9.99. The van der Waals surface area contributed by atoms with Gasteiger partial charge in [0.25, 0.3) is 0 Å². The van der Waals surface area contributed by atoms with E-state index in [4.69, 9.17) is 4.42 Å². The van der Waals surface area contributed by atoms with Gasteiger partial charge in [0, 0.05) is 18.0 Å². The summed E-state index contributed by atoms with van der Waals surface area (Å²) in [4.78, 5) is 14.1. The van der Waals surface area contributed by atoms with Crippen molar-refractivity contribution in [1.82, 2.24) is 4.90 Å². The first-order chi connectivity index (χ1) is 10.6. The Bertz CT molecular complexity index is 742. The predicted molar refractivity (Wildman–Crippen MR) is 87.4 cm³/mol. The number of aromatic hydroxyl groups is 1. The van der Waals surface area contributed by atoms with Crippen LogP contribution in [0.4, 0.5) is 0 Å². The largest absolute Gasteiger partial charge is 0.507 e. The van der Waals surface area contributed by atoms with E-state index < -0.39 is 0 Å². The number of piperidine rings is 1. The van der Waals surface area contributed by atoms with Crippen molar-refractivity contribution in [3.8, 4) is 5.75 Å². The molecule has 3 rings (SSSR count). The Balaban J connectivity index is 2.16. The van der Waals surface area contributed by atoms with E-state index in [-0.39, 0.29) is 11.4 Å². The number of benzene rings is 1. The average Bonchev–Trinajstić information content (AvgIpc) is 2.51. The van der Waals surface area contributed by atoms with E-state index in [2.05, 4.69) is 4.90 Å². The fourth-order valence-electron chi connectivity index (χ4n) is 3.32. The van der Waals surface area contributed by atoms with Crippen LogP contribution in [0.2, 0.25) is 0 Å². The molecule has 1 aromatic carbocycles. The molecule has 1 N–H and O–H groups in total. The second-order valence-electron chi connectivity index (χ2n) is 6.18. The highest BCUT2D eigenvalue weighted by atomic mass is 16.4. The summed E-state index contributed by atoms with van der Waals surface area (Å²) < 4.78 is 5.45. The summed E-state index contributed by atoms with van der Waals surface area (Å²) in [7, 11) is 0. The Labute approximate surface area is 130 Å². The first-order valence-corrected chi connectivity index (χ1v) is 8.10. The van der Waals surface area contributed by atoms with Crippen molar-refractivity contribution >= 4 is 11.0 Å². The maximum atomic E-state index is 11.8. The van der Waals surface area contributed by atoms with Gasteiger partial charge in [0.1, 0.15) is 11.3 Å². The molecule has 1 aromatic heterocycles. The van der Waals surface area contributed by atoms with Gasteiger partial charge in [0.05, 0.1) is 5.56 Å². The lowest BCUT2D eigenvalue weighted by Gasteiger charge is -2.27. The molecule has 1 aliphatic rings. The molecule has 0 unspecified atom stereocenters. The second-order valence-corrected chi connectivity index (χ2v) is 6.18. The molecule has 1 fully saturated rings. The van der Waals surface area contributed by atoms with Crippen LogP contribution in [0.3, 0.4) is 0 Å². The van der Waals surface area contributed by atoms with E-state index in [1.54, 1.807) is 0 Å². The maximum absolute atomic E-state index is 11.8. The molecule has 0 saturated carbocycles. The predicted octanol–water partition coefficient (Wildman–Crippen LogP) is 3.36. The van der Waals surface area contributed by atoms with Gasteiger partial charge in [0.15, 0.2) is 0 Å². The van der Waals surface area contributed by atoms with E-state index in [1.807, 2.05) is 19.9 Å². The molecule has 0 amide bonds. The summed E-state index contributed by atoms with van der Waals surface area (Å²) in [5, 5.41) is 11.5. The zero-order valence-electron chi connectivity index (χ0n) is 13.3. The number of hydrogen-bond donors (Lipinski definition) is 1. The van der Waals surface area contributed by atoms with Gasteiger partial charge >= 0.3 is 5.63 Å². The van der Waals surface area contributed by atoms with Crippen molar-refractivity contribution < 1.29 is 9.52 Å². The van der Waals surface area contributed by atoms with Gasteiger partial charge < -0.3 is 9.52 Å². The molecule has 0 aliphatic carbocycles. The van der Waals surface area contributed by atoms with E-state index >= 15 is 0 Å². The number of rotatable bonds is 3. The van der Waals surface area contributed by atoms with Gasteiger partial charge in [-0.25, -0.2) is 4.79 Å². The summed E-state index contributed by atoms with van der Waals surface area (Å²) in [5.74, 6) is 0.286. The molecule has 0 atom stereocenters. The highest BCUT2D eigenvalue weighted by Gasteiger charge is 2.19. The summed E-state index contributed by atoms with van der Waals surface area (Å²) in [5.41, 5.74) is 2.77. The Morgan fingerprint density at radius 2 is 1.95 bits per heavy atom. The minimum absolute atomic E-state index is 0.286. The first kappa shape index (κ1) is 15.1. The van der Waals surface area contributed by atoms with E-state index in [9.17, 15) is 9.90 Å². The van der Waals surface area contributed by atoms with Crippen LogP contribution in [0, 0.1) is 6.92 Å². The highest BCUT2D eigenvalue weighted by Crippen LogP contribution is 2.34. The van der Waals surface area contributed by atoms with Gasteiger partial charge in [-0.3, -0.25) is 4.90 Å².